The summed E-state index contributed by atoms with van der Waals surface area (Å²) in [6, 6.07) is 0. The van der Waals surface area contributed by atoms with Gasteiger partial charge in [0.2, 0.25) is 0 Å². The zero-order valence-corrected chi connectivity index (χ0v) is 12.4. The van der Waals surface area contributed by atoms with Crippen LogP contribution < -0.4 is 0 Å². The molecule has 0 bridgehead atoms. The molecular weight excluding hydrogens is 226 g/mol. The van der Waals surface area contributed by atoms with Gasteiger partial charge in [-0.3, -0.25) is 4.79 Å². The van der Waals surface area contributed by atoms with Crippen molar-refractivity contribution < 1.29 is 10.0 Å². The molecule has 2 unspecified atom stereocenters. The quantitative estimate of drug-likeness (QED) is 0.721. The first-order valence-electron chi connectivity index (χ1n) is 7.37. The van der Waals surface area contributed by atoms with Crippen molar-refractivity contribution in [2.45, 2.75) is 90.1 Å². The number of unbranched alkanes of at least 4 members (excludes halogenated alkanes) is 2. The molecule has 1 rings (SSSR count). The lowest BCUT2D eigenvalue weighted by atomic mass is 9.75. The summed E-state index contributed by atoms with van der Waals surface area (Å²) in [5.74, 6) is 0.263. The van der Waals surface area contributed by atoms with Gasteiger partial charge in [-0.2, -0.15) is 0 Å². The second kappa shape index (κ2) is 6.16. The predicted octanol–water partition coefficient (Wildman–Crippen LogP) is 3.89. The minimum absolute atomic E-state index is 0.263. The van der Waals surface area contributed by atoms with Crippen LogP contribution in [-0.2, 0) is 10.0 Å². The maximum atomic E-state index is 12.7. The fraction of sp³-hybridized carbons (Fsp3) is 0.933. The largest absolute Gasteiger partial charge is 0.300 e. The monoisotopic (exact) mass is 254 g/mol. The van der Waals surface area contributed by atoms with E-state index in [1.807, 2.05) is 13.8 Å². The SMILES string of the molecule is CCCCC1(C)CC(=O)CC(C)(CCCC)N1[O]. The Morgan fingerprint density at radius 2 is 1.39 bits per heavy atom. The Kier molecular flexibility index (Phi) is 5.35. The second-order valence-corrected chi connectivity index (χ2v) is 6.39. The minimum atomic E-state index is -0.478. The zero-order valence-electron chi connectivity index (χ0n) is 12.4. The summed E-state index contributed by atoms with van der Waals surface area (Å²) in [5, 5.41) is 14.0. The number of rotatable bonds is 6. The van der Waals surface area contributed by atoms with Crippen LogP contribution in [0.3, 0.4) is 0 Å². The smallest absolute Gasteiger partial charge is 0.136 e. The van der Waals surface area contributed by atoms with Crippen molar-refractivity contribution in [2.24, 2.45) is 0 Å². The van der Waals surface area contributed by atoms with E-state index in [9.17, 15) is 10.0 Å². The number of piperidine rings is 1. The Hall–Kier alpha value is -0.410. The highest BCUT2D eigenvalue weighted by Crippen LogP contribution is 2.41. The summed E-state index contributed by atoms with van der Waals surface area (Å²) in [7, 11) is 0. The first-order chi connectivity index (χ1) is 8.38. The number of nitrogens with zero attached hydrogens (tertiary/aromatic N) is 1. The van der Waals surface area contributed by atoms with Crippen LogP contribution in [0.25, 0.3) is 0 Å². The Morgan fingerprint density at radius 3 is 1.72 bits per heavy atom. The lowest BCUT2D eigenvalue weighted by Crippen LogP contribution is -2.61. The van der Waals surface area contributed by atoms with Crippen molar-refractivity contribution in [3.05, 3.63) is 0 Å². The molecule has 18 heavy (non-hydrogen) atoms. The Labute approximate surface area is 112 Å². The predicted molar refractivity (Wildman–Crippen MR) is 72.6 cm³/mol. The molecule has 1 fully saturated rings. The van der Waals surface area contributed by atoms with Crippen molar-refractivity contribution >= 4 is 5.78 Å². The summed E-state index contributed by atoms with van der Waals surface area (Å²) in [4.78, 5) is 12.0. The zero-order chi connectivity index (χ0) is 13.8. The molecule has 0 amide bonds. The average molecular weight is 254 g/mol. The molecule has 0 aliphatic carbocycles. The van der Waals surface area contributed by atoms with Crippen molar-refractivity contribution in [3.8, 4) is 0 Å². The van der Waals surface area contributed by atoms with Gasteiger partial charge in [0.05, 0.1) is 11.1 Å². The highest BCUT2D eigenvalue weighted by molar-refractivity contribution is 5.81. The lowest BCUT2D eigenvalue weighted by Gasteiger charge is -2.49. The molecule has 105 valence electrons. The van der Waals surface area contributed by atoms with Crippen LogP contribution in [0.5, 0.6) is 0 Å². The van der Waals surface area contributed by atoms with E-state index in [1.165, 1.54) is 5.06 Å². The maximum Gasteiger partial charge on any atom is 0.136 e. The van der Waals surface area contributed by atoms with Gasteiger partial charge in [0.1, 0.15) is 5.78 Å². The summed E-state index contributed by atoms with van der Waals surface area (Å²) in [6.45, 7) is 8.19. The number of hydroxylamine groups is 2. The molecule has 3 heteroatoms. The molecule has 1 saturated heterocycles. The number of carbonyl (C=O) groups is 1. The van der Waals surface area contributed by atoms with Gasteiger partial charge >= 0.3 is 0 Å². The first kappa shape index (κ1) is 15.6. The summed E-state index contributed by atoms with van der Waals surface area (Å²) >= 11 is 0. The van der Waals surface area contributed by atoms with Crippen LogP contribution in [0.1, 0.15) is 79.1 Å². The van der Waals surface area contributed by atoms with Crippen LogP contribution in [0.4, 0.5) is 0 Å². The van der Waals surface area contributed by atoms with Crippen molar-refractivity contribution in [1.29, 1.82) is 0 Å². The third-order valence-corrected chi connectivity index (χ3v) is 4.27. The fourth-order valence-electron chi connectivity index (χ4n) is 3.20. The van der Waals surface area contributed by atoms with Gasteiger partial charge in [-0.1, -0.05) is 39.5 Å². The molecule has 0 aromatic rings. The van der Waals surface area contributed by atoms with E-state index in [2.05, 4.69) is 13.8 Å². The van der Waals surface area contributed by atoms with E-state index >= 15 is 0 Å². The lowest BCUT2D eigenvalue weighted by molar-refractivity contribution is -0.292. The maximum absolute atomic E-state index is 12.7. The van der Waals surface area contributed by atoms with Gasteiger partial charge in [0.15, 0.2) is 0 Å². The van der Waals surface area contributed by atoms with Gasteiger partial charge in [-0.25, -0.2) is 0 Å². The molecule has 1 aliphatic heterocycles. The number of hydrogen-bond donors (Lipinski definition) is 0. The van der Waals surface area contributed by atoms with E-state index in [0.717, 1.165) is 38.5 Å². The molecule has 0 N–H and O–H groups in total. The van der Waals surface area contributed by atoms with E-state index < -0.39 is 11.1 Å². The minimum Gasteiger partial charge on any atom is -0.300 e. The van der Waals surface area contributed by atoms with Crippen molar-refractivity contribution in [1.82, 2.24) is 5.06 Å². The summed E-state index contributed by atoms with van der Waals surface area (Å²) in [5.41, 5.74) is -0.957. The van der Waals surface area contributed by atoms with Crippen molar-refractivity contribution in [2.75, 3.05) is 0 Å². The highest BCUT2D eigenvalue weighted by atomic mass is 16.5. The molecule has 0 saturated carbocycles. The van der Waals surface area contributed by atoms with Crippen LogP contribution >= 0.6 is 0 Å². The molecule has 3 nitrogen and oxygen atoms in total. The fourth-order valence-corrected chi connectivity index (χ4v) is 3.20. The van der Waals surface area contributed by atoms with Gasteiger partial charge in [0.25, 0.3) is 0 Å². The summed E-state index contributed by atoms with van der Waals surface area (Å²) in [6.07, 6.45) is 6.71. The third kappa shape index (κ3) is 3.33. The van der Waals surface area contributed by atoms with Crippen LogP contribution in [-0.4, -0.2) is 21.9 Å². The molecule has 0 aromatic heterocycles. The Bertz CT molecular complexity index is 266. The topological polar surface area (TPSA) is 40.2 Å². The van der Waals surface area contributed by atoms with E-state index in [1.54, 1.807) is 0 Å². The van der Waals surface area contributed by atoms with Gasteiger partial charge in [-0.05, 0) is 26.7 Å². The van der Waals surface area contributed by atoms with E-state index in [-0.39, 0.29) is 5.78 Å². The number of ketones is 1. The third-order valence-electron chi connectivity index (χ3n) is 4.27. The van der Waals surface area contributed by atoms with Crippen molar-refractivity contribution in [3.63, 3.8) is 0 Å². The van der Waals surface area contributed by atoms with Gasteiger partial charge in [0, 0.05) is 12.8 Å². The molecule has 0 aromatic carbocycles. The highest BCUT2D eigenvalue weighted by Gasteiger charge is 2.49. The average Bonchev–Trinajstić information content (AvgIpc) is 2.31. The molecular formula is C15H28NO2. The number of hydrogen-bond acceptors (Lipinski definition) is 2. The second-order valence-electron chi connectivity index (χ2n) is 6.39. The molecule has 2 atom stereocenters. The normalized spacial score (nSPS) is 33.9. The van der Waals surface area contributed by atoms with Gasteiger partial charge in [-0.15, -0.1) is 10.3 Å². The number of Topliss-reactive ketones (excluding diaryl/α,β-unsaturated/α-hetero) is 1. The van der Waals surface area contributed by atoms with Crippen LogP contribution in [0.15, 0.2) is 0 Å². The molecule has 1 radical (unpaired) electrons. The number of carbonyl (C=O) groups excluding carboxylic acids is 1. The van der Waals surface area contributed by atoms with Crippen LogP contribution in [0, 0.1) is 0 Å². The summed E-state index contributed by atoms with van der Waals surface area (Å²) < 4.78 is 0. The van der Waals surface area contributed by atoms with E-state index in [0.29, 0.717) is 12.8 Å². The molecule has 1 aliphatic rings. The van der Waals surface area contributed by atoms with Crippen LogP contribution in [0.2, 0.25) is 0 Å². The standard InChI is InChI=1S/C15H28NO2/c1-5-7-9-14(3)11-13(17)12-15(4,16(14)18)10-8-6-2/h5-12H2,1-4H3. The Morgan fingerprint density at radius 1 is 1.00 bits per heavy atom. The Balaban J connectivity index is 2.84. The first-order valence-corrected chi connectivity index (χ1v) is 7.37. The van der Waals surface area contributed by atoms with E-state index in [4.69, 9.17) is 0 Å². The molecule has 0 spiro atoms. The molecule has 1 heterocycles. The van der Waals surface area contributed by atoms with Gasteiger partial charge < -0.3 is 0 Å².